The Balaban J connectivity index is 3.16. The lowest BCUT2D eigenvalue weighted by Crippen LogP contribution is -2.20. The standard InChI is InChI=1S/C9H10N4O2/c1-12(2)11-8-4-3-7(6-10)5-9(8)13(14)15/h3-5,11H,1-2H3. The molecular formula is C9H10N4O2. The Hall–Kier alpha value is -2.13. The fourth-order valence-corrected chi connectivity index (χ4v) is 1.09. The number of hydrogen-bond acceptors (Lipinski definition) is 5. The maximum atomic E-state index is 10.7. The molecule has 78 valence electrons. The monoisotopic (exact) mass is 206 g/mol. The number of nitrogens with one attached hydrogen (secondary N) is 1. The van der Waals surface area contributed by atoms with E-state index in [1.54, 1.807) is 19.1 Å². The minimum Gasteiger partial charge on any atom is -0.313 e. The van der Waals surface area contributed by atoms with Crippen molar-refractivity contribution < 1.29 is 4.92 Å². The van der Waals surface area contributed by atoms with Crippen LogP contribution in [0.3, 0.4) is 0 Å². The van der Waals surface area contributed by atoms with E-state index < -0.39 is 4.92 Å². The van der Waals surface area contributed by atoms with Crippen LogP contribution in [-0.4, -0.2) is 24.0 Å². The highest BCUT2D eigenvalue weighted by Crippen LogP contribution is 2.25. The molecule has 0 fully saturated rings. The van der Waals surface area contributed by atoms with Gasteiger partial charge in [0.1, 0.15) is 5.69 Å². The molecule has 0 spiro atoms. The minimum absolute atomic E-state index is 0.109. The molecule has 0 aliphatic carbocycles. The molecule has 0 saturated carbocycles. The number of nitro groups is 1. The molecule has 0 aliphatic rings. The number of benzene rings is 1. The topological polar surface area (TPSA) is 82.2 Å². The maximum absolute atomic E-state index is 10.7. The third-order valence-electron chi connectivity index (χ3n) is 1.67. The van der Waals surface area contributed by atoms with Crippen LogP contribution in [0.2, 0.25) is 0 Å². The van der Waals surface area contributed by atoms with Gasteiger partial charge in [-0.05, 0) is 12.1 Å². The molecule has 1 N–H and O–H groups in total. The first-order valence-electron chi connectivity index (χ1n) is 4.17. The number of nitro benzene ring substituents is 1. The molecule has 0 heterocycles. The predicted octanol–water partition coefficient (Wildman–Crippen LogP) is 1.35. The van der Waals surface area contributed by atoms with Gasteiger partial charge in [0, 0.05) is 20.2 Å². The third-order valence-corrected chi connectivity index (χ3v) is 1.67. The zero-order valence-corrected chi connectivity index (χ0v) is 8.39. The molecule has 1 aromatic rings. The molecule has 0 unspecified atom stereocenters. The molecule has 6 nitrogen and oxygen atoms in total. The largest absolute Gasteiger partial charge is 0.313 e. The Kier molecular flexibility index (Phi) is 3.21. The number of hydrogen-bond donors (Lipinski definition) is 1. The molecule has 1 rings (SSSR count). The van der Waals surface area contributed by atoms with E-state index in [2.05, 4.69) is 5.43 Å². The van der Waals surface area contributed by atoms with Gasteiger partial charge in [-0.3, -0.25) is 10.1 Å². The number of rotatable bonds is 3. The quantitative estimate of drug-likeness (QED) is 0.596. The van der Waals surface area contributed by atoms with E-state index in [1.165, 1.54) is 18.2 Å². The highest BCUT2D eigenvalue weighted by molar-refractivity contribution is 5.63. The fraction of sp³-hybridized carbons (Fsp3) is 0.222. The molecule has 0 saturated heterocycles. The smallest absolute Gasteiger partial charge is 0.294 e. The minimum atomic E-state index is -0.521. The predicted molar refractivity (Wildman–Crippen MR) is 55.1 cm³/mol. The van der Waals surface area contributed by atoms with Crippen molar-refractivity contribution in [1.82, 2.24) is 5.01 Å². The molecule has 1 aromatic carbocycles. The molecule has 0 bridgehead atoms. The van der Waals surface area contributed by atoms with Crippen molar-refractivity contribution in [2.24, 2.45) is 0 Å². The van der Waals surface area contributed by atoms with Crippen molar-refractivity contribution >= 4 is 11.4 Å². The summed E-state index contributed by atoms with van der Waals surface area (Å²) in [7, 11) is 3.45. The highest BCUT2D eigenvalue weighted by Gasteiger charge is 2.14. The molecule has 0 radical (unpaired) electrons. The zero-order valence-electron chi connectivity index (χ0n) is 8.39. The van der Waals surface area contributed by atoms with Gasteiger partial charge >= 0.3 is 0 Å². The SMILES string of the molecule is CN(C)Nc1ccc(C#N)cc1[N+](=O)[O-]. The first-order valence-corrected chi connectivity index (χ1v) is 4.17. The lowest BCUT2D eigenvalue weighted by Gasteiger charge is -2.13. The van der Waals surface area contributed by atoms with Crippen LogP contribution in [0.1, 0.15) is 5.56 Å². The van der Waals surface area contributed by atoms with E-state index in [4.69, 9.17) is 5.26 Å². The second-order valence-electron chi connectivity index (χ2n) is 3.11. The van der Waals surface area contributed by atoms with Gasteiger partial charge in [-0.2, -0.15) is 5.26 Å². The molecule has 0 aliphatic heterocycles. The Morgan fingerprint density at radius 2 is 2.20 bits per heavy atom. The summed E-state index contributed by atoms with van der Waals surface area (Å²) in [6.45, 7) is 0. The van der Waals surface area contributed by atoms with Crippen molar-refractivity contribution in [2.45, 2.75) is 0 Å². The second kappa shape index (κ2) is 4.39. The molecule has 0 aromatic heterocycles. The fourth-order valence-electron chi connectivity index (χ4n) is 1.09. The van der Waals surface area contributed by atoms with Gasteiger partial charge in [-0.15, -0.1) is 0 Å². The van der Waals surface area contributed by atoms with E-state index in [-0.39, 0.29) is 11.3 Å². The molecular weight excluding hydrogens is 196 g/mol. The number of anilines is 1. The Morgan fingerprint density at radius 3 is 2.67 bits per heavy atom. The van der Waals surface area contributed by atoms with E-state index in [9.17, 15) is 10.1 Å². The summed E-state index contributed by atoms with van der Waals surface area (Å²) in [4.78, 5) is 10.2. The number of nitriles is 1. The molecule has 6 heteroatoms. The van der Waals surface area contributed by atoms with E-state index in [0.29, 0.717) is 5.69 Å². The van der Waals surface area contributed by atoms with Crippen molar-refractivity contribution in [3.63, 3.8) is 0 Å². The van der Waals surface area contributed by atoms with Crippen LogP contribution >= 0.6 is 0 Å². The second-order valence-corrected chi connectivity index (χ2v) is 3.11. The van der Waals surface area contributed by atoms with Gasteiger partial charge in [0.25, 0.3) is 5.69 Å². The summed E-state index contributed by atoms with van der Waals surface area (Å²) in [5, 5.41) is 20.9. The van der Waals surface area contributed by atoms with Crippen molar-refractivity contribution in [1.29, 1.82) is 5.26 Å². The summed E-state index contributed by atoms with van der Waals surface area (Å²) in [6, 6.07) is 6.14. The van der Waals surface area contributed by atoms with Gasteiger partial charge in [0.05, 0.1) is 16.6 Å². The van der Waals surface area contributed by atoms with Crippen LogP contribution in [0.25, 0.3) is 0 Å². The zero-order chi connectivity index (χ0) is 11.4. The first kappa shape index (κ1) is 10.9. The van der Waals surface area contributed by atoms with Crippen LogP contribution < -0.4 is 5.43 Å². The van der Waals surface area contributed by atoms with Gasteiger partial charge < -0.3 is 5.43 Å². The maximum Gasteiger partial charge on any atom is 0.294 e. The van der Waals surface area contributed by atoms with Crippen molar-refractivity contribution in [2.75, 3.05) is 19.5 Å². The highest BCUT2D eigenvalue weighted by atomic mass is 16.6. The van der Waals surface area contributed by atoms with Crippen LogP contribution in [0.4, 0.5) is 11.4 Å². The molecule has 15 heavy (non-hydrogen) atoms. The van der Waals surface area contributed by atoms with Crippen molar-refractivity contribution in [3.8, 4) is 6.07 Å². The van der Waals surface area contributed by atoms with Crippen LogP contribution in [-0.2, 0) is 0 Å². The van der Waals surface area contributed by atoms with E-state index in [1.807, 2.05) is 6.07 Å². The number of nitrogens with zero attached hydrogens (tertiary/aromatic N) is 3. The van der Waals surface area contributed by atoms with Crippen molar-refractivity contribution in [3.05, 3.63) is 33.9 Å². The lowest BCUT2D eigenvalue weighted by molar-refractivity contribution is -0.384. The first-order chi connectivity index (χ1) is 7.04. The Bertz CT molecular complexity index is 423. The summed E-state index contributed by atoms with van der Waals surface area (Å²) in [6.07, 6.45) is 0. The third kappa shape index (κ3) is 2.65. The van der Waals surface area contributed by atoms with Gasteiger partial charge in [0.15, 0.2) is 0 Å². The van der Waals surface area contributed by atoms with Crippen LogP contribution in [0, 0.1) is 21.4 Å². The molecule has 0 atom stereocenters. The van der Waals surface area contributed by atoms with Crippen LogP contribution in [0.15, 0.2) is 18.2 Å². The lowest BCUT2D eigenvalue weighted by atomic mass is 10.2. The average Bonchev–Trinajstić information content (AvgIpc) is 2.17. The van der Waals surface area contributed by atoms with Crippen LogP contribution in [0.5, 0.6) is 0 Å². The summed E-state index contributed by atoms with van der Waals surface area (Å²) in [5.41, 5.74) is 3.31. The van der Waals surface area contributed by atoms with Gasteiger partial charge in [-0.1, -0.05) is 0 Å². The van der Waals surface area contributed by atoms with E-state index >= 15 is 0 Å². The van der Waals surface area contributed by atoms with Gasteiger partial charge in [-0.25, -0.2) is 5.01 Å². The van der Waals surface area contributed by atoms with Gasteiger partial charge in [0.2, 0.25) is 0 Å². The Labute approximate surface area is 86.9 Å². The van der Waals surface area contributed by atoms with E-state index in [0.717, 1.165) is 0 Å². The summed E-state index contributed by atoms with van der Waals surface area (Å²) in [5.74, 6) is 0. The number of hydrazine groups is 1. The molecule has 0 amide bonds. The summed E-state index contributed by atoms with van der Waals surface area (Å²) >= 11 is 0. The summed E-state index contributed by atoms with van der Waals surface area (Å²) < 4.78 is 0. The average molecular weight is 206 g/mol. The Morgan fingerprint density at radius 1 is 1.53 bits per heavy atom. The normalized spacial score (nSPS) is 9.73.